The average molecular weight is 280 g/mol. The number of benzene rings is 1. The molecular weight excluding hydrogens is 259 g/mol. The van der Waals surface area contributed by atoms with Gasteiger partial charge in [0.25, 0.3) is 0 Å². The number of rotatable bonds is 5. The Morgan fingerprint density at radius 3 is 2.85 bits per heavy atom. The van der Waals surface area contributed by atoms with Crippen molar-refractivity contribution in [3.05, 3.63) is 35.6 Å². The van der Waals surface area contributed by atoms with Crippen LogP contribution in [0, 0.1) is 5.82 Å². The molecule has 1 N–H and O–H groups in total. The lowest BCUT2D eigenvalue weighted by Crippen LogP contribution is -2.56. The first-order chi connectivity index (χ1) is 9.59. The number of amides is 1. The summed E-state index contributed by atoms with van der Waals surface area (Å²) in [5.74, 6) is -0.326. The van der Waals surface area contributed by atoms with Gasteiger partial charge in [-0.2, -0.15) is 0 Å². The molecule has 1 atom stereocenters. The summed E-state index contributed by atoms with van der Waals surface area (Å²) in [5, 5.41) is 3.24. The van der Waals surface area contributed by atoms with Gasteiger partial charge in [0.2, 0.25) is 5.91 Å². The quantitative estimate of drug-likeness (QED) is 0.890. The maximum atomic E-state index is 13.7. The number of likely N-dealkylation sites (N-methyl/N-ethyl adjacent to an activating group) is 1. The summed E-state index contributed by atoms with van der Waals surface area (Å²) in [6, 6.07) is 6.53. The Hall–Kier alpha value is -1.46. The van der Waals surface area contributed by atoms with Gasteiger partial charge in [0.15, 0.2) is 0 Å². The smallest absolute Gasteiger partial charge is 0.245 e. The fourth-order valence-electron chi connectivity index (χ4n) is 2.74. The molecule has 2 rings (SSSR count). The third kappa shape index (κ3) is 2.99. The molecule has 1 aliphatic rings. The van der Waals surface area contributed by atoms with E-state index >= 15 is 0 Å². The van der Waals surface area contributed by atoms with Crippen LogP contribution < -0.4 is 5.32 Å². The Balaban J connectivity index is 2.10. The van der Waals surface area contributed by atoms with Crippen molar-refractivity contribution in [2.45, 2.75) is 24.9 Å². The second-order valence-corrected chi connectivity index (χ2v) is 5.30. The topological polar surface area (TPSA) is 41.6 Å². The summed E-state index contributed by atoms with van der Waals surface area (Å²) in [7, 11) is 3.29. The van der Waals surface area contributed by atoms with Gasteiger partial charge in [0.05, 0.1) is 6.61 Å². The maximum absolute atomic E-state index is 13.7. The van der Waals surface area contributed by atoms with Crippen LogP contribution in [-0.2, 0) is 16.1 Å². The Bertz CT molecular complexity index is 473. The van der Waals surface area contributed by atoms with Crippen molar-refractivity contribution >= 4 is 5.91 Å². The number of ether oxygens (including phenoxy) is 1. The van der Waals surface area contributed by atoms with E-state index in [9.17, 15) is 9.18 Å². The number of nitrogens with zero attached hydrogens (tertiary/aromatic N) is 1. The largest absolute Gasteiger partial charge is 0.382 e. The standard InChI is InChI=1S/C15H21FN2O2/c1-18(10-12-6-3-4-7-13(12)16)14(19)15(11-20-2)8-5-9-17-15/h3-4,6-7,17H,5,8-11H2,1-2H3. The molecule has 1 aliphatic heterocycles. The van der Waals surface area contributed by atoms with Crippen molar-refractivity contribution in [2.75, 3.05) is 27.3 Å². The number of carbonyl (C=O) groups excluding carboxylic acids is 1. The van der Waals surface area contributed by atoms with Gasteiger partial charge in [-0.25, -0.2) is 4.39 Å². The summed E-state index contributed by atoms with van der Waals surface area (Å²) in [5.41, 5.74) is -0.136. The Morgan fingerprint density at radius 2 is 2.25 bits per heavy atom. The molecule has 0 saturated carbocycles. The number of hydrogen-bond donors (Lipinski definition) is 1. The maximum Gasteiger partial charge on any atom is 0.245 e. The molecular formula is C15H21FN2O2. The fraction of sp³-hybridized carbons (Fsp3) is 0.533. The summed E-state index contributed by atoms with van der Waals surface area (Å²) in [6.45, 7) is 1.41. The van der Waals surface area contributed by atoms with Crippen LogP contribution in [-0.4, -0.2) is 43.7 Å². The predicted molar refractivity (Wildman–Crippen MR) is 74.7 cm³/mol. The van der Waals surface area contributed by atoms with Crippen molar-refractivity contribution in [1.29, 1.82) is 0 Å². The summed E-state index contributed by atoms with van der Waals surface area (Å²) in [4.78, 5) is 14.2. The molecule has 1 saturated heterocycles. The third-order valence-electron chi connectivity index (χ3n) is 3.76. The highest BCUT2D eigenvalue weighted by atomic mass is 19.1. The first kappa shape index (κ1) is 14.9. The van der Waals surface area contributed by atoms with Gasteiger partial charge < -0.3 is 15.0 Å². The number of halogens is 1. The van der Waals surface area contributed by atoms with Crippen LogP contribution in [0.2, 0.25) is 0 Å². The van der Waals surface area contributed by atoms with Crippen molar-refractivity contribution in [3.8, 4) is 0 Å². The van der Waals surface area contributed by atoms with Crippen molar-refractivity contribution < 1.29 is 13.9 Å². The predicted octanol–water partition coefficient (Wildman–Crippen LogP) is 1.55. The Labute approximate surface area is 118 Å². The number of hydrogen-bond acceptors (Lipinski definition) is 3. The van der Waals surface area contributed by atoms with E-state index in [1.807, 2.05) is 0 Å². The van der Waals surface area contributed by atoms with Crippen LogP contribution in [0.1, 0.15) is 18.4 Å². The SMILES string of the molecule is COCC1(C(=O)N(C)Cc2ccccc2F)CCCN1. The Kier molecular flexibility index (Phi) is 4.73. The zero-order valence-electron chi connectivity index (χ0n) is 12.0. The van der Waals surface area contributed by atoms with Crippen molar-refractivity contribution in [1.82, 2.24) is 10.2 Å². The molecule has 1 fully saturated rings. The average Bonchev–Trinajstić information content (AvgIpc) is 2.90. The lowest BCUT2D eigenvalue weighted by Gasteiger charge is -2.32. The second kappa shape index (κ2) is 6.33. The molecule has 4 nitrogen and oxygen atoms in total. The third-order valence-corrected chi connectivity index (χ3v) is 3.76. The molecule has 20 heavy (non-hydrogen) atoms. The molecule has 0 radical (unpaired) electrons. The number of carbonyl (C=O) groups is 1. The number of nitrogens with one attached hydrogen (secondary N) is 1. The van der Waals surface area contributed by atoms with E-state index in [1.165, 1.54) is 6.07 Å². The molecule has 1 unspecified atom stereocenters. The number of methoxy groups -OCH3 is 1. The van der Waals surface area contributed by atoms with E-state index in [2.05, 4.69) is 5.32 Å². The summed E-state index contributed by atoms with van der Waals surface area (Å²) in [6.07, 6.45) is 1.70. The molecule has 0 aliphatic carbocycles. The highest BCUT2D eigenvalue weighted by Crippen LogP contribution is 2.23. The molecule has 1 heterocycles. The minimum atomic E-state index is -0.658. The molecule has 1 aromatic rings. The van der Waals surface area contributed by atoms with Gasteiger partial charge in [0, 0.05) is 26.3 Å². The summed E-state index contributed by atoms with van der Waals surface area (Å²) >= 11 is 0. The van der Waals surface area contributed by atoms with Crippen molar-refractivity contribution in [2.24, 2.45) is 0 Å². The van der Waals surface area contributed by atoms with Crippen LogP contribution in [0.15, 0.2) is 24.3 Å². The van der Waals surface area contributed by atoms with Crippen LogP contribution in [0.4, 0.5) is 4.39 Å². The van der Waals surface area contributed by atoms with Gasteiger partial charge in [0.1, 0.15) is 11.4 Å². The highest BCUT2D eigenvalue weighted by Gasteiger charge is 2.42. The molecule has 5 heteroatoms. The molecule has 110 valence electrons. The normalized spacial score (nSPS) is 21.9. The first-order valence-electron chi connectivity index (χ1n) is 6.82. The van der Waals surface area contributed by atoms with E-state index in [1.54, 1.807) is 37.3 Å². The molecule has 1 aromatic carbocycles. The molecule has 0 spiro atoms. The van der Waals surface area contributed by atoms with Gasteiger partial charge in [-0.05, 0) is 25.5 Å². The van der Waals surface area contributed by atoms with Crippen LogP contribution in [0.25, 0.3) is 0 Å². The van der Waals surface area contributed by atoms with Gasteiger partial charge >= 0.3 is 0 Å². The van der Waals surface area contributed by atoms with E-state index in [-0.39, 0.29) is 18.3 Å². The second-order valence-electron chi connectivity index (χ2n) is 5.30. The highest BCUT2D eigenvalue weighted by molar-refractivity contribution is 5.86. The molecule has 0 aromatic heterocycles. The lowest BCUT2D eigenvalue weighted by molar-refractivity contribution is -0.139. The van der Waals surface area contributed by atoms with E-state index in [4.69, 9.17) is 4.74 Å². The zero-order valence-corrected chi connectivity index (χ0v) is 12.0. The van der Waals surface area contributed by atoms with Crippen LogP contribution in [0.5, 0.6) is 0 Å². The summed E-state index contributed by atoms with van der Waals surface area (Å²) < 4.78 is 18.8. The first-order valence-corrected chi connectivity index (χ1v) is 6.82. The minimum absolute atomic E-state index is 0.0416. The van der Waals surface area contributed by atoms with Gasteiger partial charge in [-0.1, -0.05) is 18.2 Å². The molecule has 0 bridgehead atoms. The lowest BCUT2D eigenvalue weighted by atomic mass is 9.96. The van der Waals surface area contributed by atoms with Crippen LogP contribution >= 0.6 is 0 Å². The fourth-order valence-corrected chi connectivity index (χ4v) is 2.74. The monoisotopic (exact) mass is 280 g/mol. The van der Waals surface area contributed by atoms with E-state index < -0.39 is 5.54 Å². The van der Waals surface area contributed by atoms with E-state index in [0.29, 0.717) is 12.2 Å². The van der Waals surface area contributed by atoms with Crippen molar-refractivity contribution in [3.63, 3.8) is 0 Å². The van der Waals surface area contributed by atoms with Crippen LogP contribution in [0.3, 0.4) is 0 Å². The van der Waals surface area contributed by atoms with Gasteiger partial charge in [-0.15, -0.1) is 0 Å². The Morgan fingerprint density at radius 1 is 1.50 bits per heavy atom. The zero-order chi connectivity index (χ0) is 14.6. The molecule has 1 amide bonds. The van der Waals surface area contributed by atoms with Gasteiger partial charge in [-0.3, -0.25) is 4.79 Å². The van der Waals surface area contributed by atoms with E-state index in [0.717, 1.165) is 19.4 Å². The minimum Gasteiger partial charge on any atom is -0.382 e.